The van der Waals surface area contributed by atoms with E-state index in [2.05, 4.69) is 4.74 Å². The van der Waals surface area contributed by atoms with Gasteiger partial charge in [0.2, 0.25) is 0 Å². The van der Waals surface area contributed by atoms with E-state index in [0.717, 1.165) is 6.42 Å². The van der Waals surface area contributed by atoms with E-state index in [-0.39, 0.29) is 6.61 Å². The first-order valence-electron chi connectivity index (χ1n) is 4.41. The second kappa shape index (κ2) is 7.61. The second-order valence-electron chi connectivity index (χ2n) is 2.52. The van der Waals surface area contributed by atoms with E-state index in [1.54, 1.807) is 6.92 Å². The van der Waals surface area contributed by atoms with E-state index in [4.69, 9.17) is 10.5 Å². The Kier molecular flexibility index (Phi) is 7.01. The normalized spacial score (nSPS) is 11.4. The van der Waals surface area contributed by atoms with Crippen molar-refractivity contribution in [3.8, 4) is 0 Å². The highest BCUT2D eigenvalue weighted by molar-refractivity contribution is 5.82. The van der Waals surface area contributed by atoms with Crippen molar-refractivity contribution >= 4 is 5.97 Å². The predicted octanol–water partition coefficient (Wildman–Crippen LogP) is 0.819. The molecule has 2 N–H and O–H groups in total. The molecule has 0 rings (SSSR count). The number of carbonyl (C=O) groups excluding carboxylic acids is 1. The molecule has 76 valence electrons. The van der Waals surface area contributed by atoms with Crippen LogP contribution in [0.4, 0.5) is 0 Å². The third kappa shape index (κ3) is 7.33. The summed E-state index contributed by atoms with van der Waals surface area (Å²) in [5, 5.41) is 0. The van der Waals surface area contributed by atoms with Gasteiger partial charge in [-0.05, 0) is 13.3 Å². The van der Waals surface area contributed by atoms with Gasteiger partial charge in [-0.2, -0.15) is 0 Å². The number of hydrogen-bond acceptors (Lipinski definition) is 4. The maximum atomic E-state index is 10.9. The lowest BCUT2D eigenvalue weighted by molar-refractivity contribution is -0.137. The number of nitrogens with two attached hydrogens (primary N) is 1. The van der Waals surface area contributed by atoms with Crippen LogP contribution in [0.3, 0.4) is 0 Å². The van der Waals surface area contributed by atoms with Crippen LogP contribution in [0.5, 0.6) is 0 Å². The summed E-state index contributed by atoms with van der Waals surface area (Å²) in [5.41, 5.74) is 5.88. The van der Waals surface area contributed by atoms with E-state index in [0.29, 0.717) is 18.9 Å². The molecule has 0 aromatic rings. The summed E-state index contributed by atoms with van der Waals surface area (Å²) in [4.78, 5) is 10.9. The molecule has 0 amide bonds. The number of esters is 1. The van der Waals surface area contributed by atoms with Crippen LogP contribution in [0.2, 0.25) is 0 Å². The zero-order chi connectivity index (χ0) is 10.1. The maximum absolute atomic E-state index is 10.9. The zero-order valence-electron chi connectivity index (χ0n) is 8.21. The number of ether oxygens (including phenoxy) is 2. The smallest absolute Gasteiger partial charge is 0.332 e. The Balaban J connectivity index is 3.67. The number of rotatable bonds is 6. The standard InChI is InChI=1S/C9H17NO3/c1-3-5-12-7-8(10)6-9(11)13-4-2/h6H,3-5,7,10H2,1-2H3/b8-6+. The fourth-order valence-corrected chi connectivity index (χ4v) is 0.711. The fraction of sp³-hybridized carbons (Fsp3) is 0.667. The molecule has 0 atom stereocenters. The number of hydrogen-bond donors (Lipinski definition) is 1. The summed E-state index contributed by atoms with van der Waals surface area (Å²) < 4.78 is 9.79. The van der Waals surface area contributed by atoms with Crippen molar-refractivity contribution in [2.45, 2.75) is 20.3 Å². The molecular weight excluding hydrogens is 170 g/mol. The van der Waals surface area contributed by atoms with Crippen molar-refractivity contribution in [2.75, 3.05) is 19.8 Å². The first-order valence-corrected chi connectivity index (χ1v) is 4.41. The molecule has 0 bridgehead atoms. The minimum Gasteiger partial charge on any atom is -0.463 e. The van der Waals surface area contributed by atoms with E-state index >= 15 is 0 Å². The quantitative estimate of drug-likeness (QED) is 0.380. The molecule has 0 unspecified atom stereocenters. The van der Waals surface area contributed by atoms with Crippen LogP contribution in [0.15, 0.2) is 11.8 Å². The molecule has 0 aliphatic heterocycles. The van der Waals surface area contributed by atoms with Crippen molar-refractivity contribution in [2.24, 2.45) is 5.73 Å². The number of carbonyl (C=O) groups is 1. The lowest BCUT2D eigenvalue weighted by atomic mass is 10.4. The summed E-state index contributed by atoms with van der Waals surface area (Å²) >= 11 is 0. The van der Waals surface area contributed by atoms with Gasteiger partial charge in [-0.1, -0.05) is 6.92 Å². The molecule has 0 saturated carbocycles. The maximum Gasteiger partial charge on any atom is 0.332 e. The predicted molar refractivity (Wildman–Crippen MR) is 50.0 cm³/mol. The molecule has 13 heavy (non-hydrogen) atoms. The van der Waals surface area contributed by atoms with Crippen molar-refractivity contribution in [3.63, 3.8) is 0 Å². The molecule has 4 nitrogen and oxygen atoms in total. The second-order valence-corrected chi connectivity index (χ2v) is 2.52. The topological polar surface area (TPSA) is 61.5 Å². The molecule has 0 fully saturated rings. The Morgan fingerprint density at radius 1 is 1.46 bits per heavy atom. The lowest BCUT2D eigenvalue weighted by Crippen LogP contribution is -2.11. The highest BCUT2D eigenvalue weighted by Gasteiger charge is 1.98. The average molecular weight is 187 g/mol. The Labute approximate surface area is 78.7 Å². The summed E-state index contributed by atoms with van der Waals surface area (Å²) in [7, 11) is 0. The van der Waals surface area contributed by atoms with Gasteiger partial charge in [0.05, 0.1) is 13.2 Å². The first-order chi connectivity index (χ1) is 6.20. The molecule has 0 saturated heterocycles. The van der Waals surface area contributed by atoms with E-state index in [9.17, 15) is 4.79 Å². The van der Waals surface area contributed by atoms with Crippen LogP contribution < -0.4 is 5.73 Å². The molecule has 0 radical (unpaired) electrons. The van der Waals surface area contributed by atoms with Crippen molar-refractivity contribution in [1.82, 2.24) is 0 Å². The Hall–Kier alpha value is -1.03. The van der Waals surface area contributed by atoms with Crippen LogP contribution >= 0.6 is 0 Å². The third-order valence-electron chi connectivity index (χ3n) is 1.21. The van der Waals surface area contributed by atoms with Gasteiger partial charge in [0.25, 0.3) is 0 Å². The fourth-order valence-electron chi connectivity index (χ4n) is 0.711. The molecule has 0 aromatic heterocycles. The first kappa shape index (κ1) is 12.0. The molecule has 4 heteroatoms. The van der Waals surface area contributed by atoms with Gasteiger partial charge in [0.1, 0.15) is 0 Å². The van der Waals surface area contributed by atoms with E-state index in [1.807, 2.05) is 6.92 Å². The van der Waals surface area contributed by atoms with E-state index in [1.165, 1.54) is 6.08 Å². The van der Waals surface area contributed by atoms with Crippen LogP contribution in [-0.2, 0) is 14.3 Å². The largest absolute Gasteiger partial charge is 0.463 e. The van der Waals surface area contributed by atoms with Gasteiger partial charge in [-0.25, -0.2) is 4.79 Å². The lowest BCUT2D eigenvalue weighted by Gasteiger charge is -2.02. The van der Waals surface area contributed by atoms with Crippen LogP contribution in [0, 0.1) is 0 Å². The molecule has 0 aliphatic rings. The summed E-state index contributed by atoms with van der Waals surface area (Å²) in [6, 6.07) is 0. The minimum atomic E-state index is -0.417. The Morgan fingerprint density at radius 2 is 2.15 bits per heavy atom. The molecule has 0 aliphatic carbocycles. The van der Waals surface area contributed by atoms with Crippen LogP contribution in [-0.4, -0.2) is 25.8 Å². The van der Waals surface area contributed by atoms with Crippen LogP contribution in [0.1, 0.15) is 20.3 Å². The summed E-state index contributed by atoms with van der Waals surface area (Å²) in [6.07, 6.45) is 2.19. The summed E-state index contributed by atoms with van der Waals surface area (Å²) in [6.45, 7) is 5.04. The average Bonchev–Trinajstić information content (AvgIpc) is 2.05. The highest BCUT2D eigenvalue weighted by Crippen LogP contribution is 1.90. The summed E-state index contributed by atoms with van der Waals surface area (Å²) in [5.74, 6) is -0.417. The van der Waals surface area contributed by atoms with Gasteiger partial charge in [-0.3, -0.25) is 0 Å². The Bertz CT molecular complexity index is 178. The van der Waals surface area contributed by atoms with Gasteiger partial charge in [-0.15, -0.1) is 0 Å². The van der Waals surface area contributed by atoms with Gasteiger partial charge >= 0.3 is 5.97 Å². The molecular formula is C9H17NO3. The zero-order valence-corrected chi connectivity index (χ0v) is 8.21. The highest BCUT2D eigenvalue weighted by atomic mass is 16.5. The van der Waals surface area contributed by atoms with Crippen molar-refractivity contribution in [1.29, 1.82) is 0 Å². The monoisotopic (exact) mass is 187 g/mol. The third-order valence-corrected chi connectivity index (χ3v) is 1.21. The van der Waals surface area contributed by atoms with Crippen LogP contribution in [0.25, 0.3) is 0 Å². The van der Waals surface area contributed by atoms with Crippen molar-refractivity contribution in [3.05, 3.63) is 11.8 Å². The van der Waals surface area contributed by atoms with E-state index < -0.39 is 5.97 Å². The molecule has 0 spiro atoms. The SMILES string of the molecule is CCCOC/C(N)=C\C(=O)OCC. The van der Waals surface area contributed by atoms with Crippen molar-refractivity contribution < 1.29 is 14.3 Å². The van der Waals surface area contributed by atoms with Gasteiger partial charge in [0, 0.05) is 18.4 Å². The minimum absolute atomic E-state index is 0.284. The van der Waals surface area contributed by atoms with Gasteiger partial charge < -0.3 is 15.2 Å². The Morgan fingerprint density at radius 3 is 2.69 bits per heavy atom. The van der Waals surface area contributed by atoms with Gasteiger partial charge in [0.15, 0.2) is 0 Å². The molecule has 0 heterocycles. The molecule has 0 aromatic carbocycles.